The minimum atomic E-state index is -0.576. The number of hydrogen-bond acceptors (Lipinski definition) is 7. The van der Waals surface area contributed by atoms with Gasteiger partial charge in [0.1, 0.15) is 6.04 Å². The van der Waals surface area contributed by atoms with Crippen LogP contribution in [0, 0.1) is 20.8 Å². The van der Waals surface area contributed by atoms with E-state index in [1.165, 1.54) is 0 Å². The van der Waals surface area contributed by atoms with E-state index in [2.05, 4.69) is 33.4 Å². The van der Waals surface area contributed by atoms with Crippen molar-refractivity contribution < 1.29 is 9.59 Å². The van der Waals surface area contributed by atoms with Crippen molar-refractivity contribution in [3.05, 3.63) is 77.0 Å². The molecule has 0 bridgehead atoms. The SMILES string of the molecule is Cc1cc(C)c(C(=O)N2CCN(c3ccccc3)[C@H](C(N)=O)C2)c(C)c1NC1CCN(c2cccnn2)CC1. The first kappa shape index (κ1) is 26.5. The number of carbonyl (C=O) groups excluding carboxylic acids is 2. The zero-order valence-electron chi connectivity index (χ0n) is 22.9. The van der Waals surface area contributed by atoms with E-state index >= 15 is 0 Å². The smallest absolute Gasteiger partial charge is 0.254 e. The lowest BCUT2D eigenvalue weighted by molar-refractivity contribution is -0.119. The average Bonchev–Trinajstić information content (AvgIpc) is 2.96. The number of primary amides is 1. The lowest BCUT2D eigenvalue weighted by atomic mass is 9.94. The van der Waals surface area contributed by atoms with E-state index < -0.39 is 11.9 Å². The molecule has 3 aromatic rings. The largest absolute Gasteiger partial charge is 0.382 e. The van der Waals surface area contributed by atoms with Gasteiger partial charge in [-0.25, -0.2) is 0 Å². The summed E-state index contributed by atoms with van der Waals surface area (Å²) >= 11 is 0. The number of hydrogen-bond donors (Lipinski definition) is 2. The molecule has 0 radical (unpaired) electrons. The van der Waals surface area contributed by atoms with Gasteiger partial charge in [-0.15, -0.1) is 5.10 Å². The van der Waals surface area contributed by atoms with Crippen molar-refractivity contribution in [2.24, 2.45) is 5.73 Å². The van der Waals surface area contributed by atoms with Crippen molar-refractivity contribution in [3.8, 4) is 0 Å². The number of benzene rings is 2. The van der Waals surface area contributed by atoms with Gasteiger partial charge in [-0.1, -0.05) is 24.3 Å². The molecule has 9 heteroatoms. The Labute approximate surface area is 230 Å². The molecule has 5 rings (SSSR count). The van der Waals surface area contributed by atoms with Gasteiger partial charge < -0.3 is 25.8 Å². The van der Waals surface area contributed by atoms with Crippen LogP contribution in [0.15, 0.2) is 54.7 Å². The standard InChI is InChI=1S/C30H37N7O2/c1-20-18-21(2)28(33-23-11-14-35(15-12-23)26-10-7-13-32-34-26)22(3)27(20)30(39)36-16-17-37(25(19-36)29(31)38)24-8-5-4-6-9-24/h4-10,13,18,23,25,33H,11-12,14-17,19H2,1-3H3,(H2,31,38)/t25-/m0/s1. The molecule has 2 saturated heterocycles. The minimum Gasteiger partial charge on any atom is -0.382 e. The van der Waals surface area contributed by atoms with Crippen LogP contribution in [0.3, 0.4) is 0 Å². The normalized spacial score (nSPS) is 18.2. The Morgan fingerprint density at radius 1 is 0.949 bits per heavy atom. The summed E-state index contributed by atoms with van der Waals surface area (Å²) < 4.78 is 0. The fourth-order valence-electron chi connectivity index (χ4n) is 5.95. The topological polar surface area (TPSA) is 108 Å². The van der Waals surface area contributed by atoms with Crippen molar-refractivity contribution in [1.29, 1.82) is 0 Å². The number of anilines is 3. The van der Waals surface area contributed by atoms with Crippen LogP contribution in [-0.4, -0.2) is 71.7 Å². The highest BCUT2D eigenvalue weighted by Crippen LogP contribution is 2.31. The van der Waals surface area contributed by atoms with Crippen LogP contribution in [0.1, 0.15) is 39.9 Å². The Hall–Kier alpha value is -4.14. The molecule has 0 aliphatic carbocycles. The molecule has 3 N–H and O–H groups in total. The Kier molecular flexibility index (Phi) is 7.67. The van der Waals surface area contributed by atoms with E-state index in [0.717, 1.165) is 59.8 Å². The van der Waals surface area contributed by atoms with Crippen LogP contribution in [-0.2, 0) is 4.79 Å². The first-order chi connectivity index (χ1) is 18.8. The number of para-hydroxylation sites is 1. The van der Waals surface area contributed by atoms with Crippen LogP contribution < -0.4 is 20.9 Å². The highest BCUT2D eigenvalue weighted by atomic mass is 16.2. The maximum atomic E-state index is 13.9. The quantitative estimate of drug-likeness (QED) is 0.506. The number of aromatic nitrogens is 2. The summed E-state index contributed by atoms with van der Waals surface area (Å²) in [6, 6.07) is 15.5. The maximum absolute atomic E-state index is 13.9. The molecular formula is C30H37N7O2. The minimum absolute atomic E-state index is 0.0514. The van der Waals surface area contributed by atoms with Crippen LogP contribution in [0.25, 0.3) is 0 Å². The van der Waals surface area contributed by atoms with Crippen molar-refractivity contribution in [1.82, 2.24) is 15.1 Å². The number of nitrogens with zero attached hydrogens (tertiary/aromatic N) is 5. The van der Waals surface area contributed by atoms with Crippen LogP contribution in [0.2, 0.25) is 0 Å². The molecule has 2 aliphatic heterocycles. The Balaban J connectivity index is 1.32. The highest BCUT2D eigenvalue weighted by Gasteiger charge is 2.35. The molecule has 1 aromatic heterocycles. The molecule has 1 atom stereocenters. The van der Waals surface area contributed by atoms with E-state index in [4.69, 9.17) is 5.73 Å². The molecule has 2 aliphatic rings. The number of nitrogens with one attached hydrogen (secondary N) is 1. The maximum Gasteiger partial charge on any atom is 0.254 e. The number of nitrogens with two attached hydrogens (primary N) is 1. The van der Waals surface area contributed by atoms with Crippen molar-refractivity contribution >= 4 is 29.0 Å². The monoisotopic (exact) mass is 527 g/mol. The molecule has 2 amide bonds. The van der Waals surface area contributed by atoms with E-state index in [0.29, 0.717) is 24.7 Å². The van der Waals surface area contributed by atoms with Crippen LogP contribution >= 0.6 is 0 Å². The van der Waals surface area contributed by atoms with Gasteiger partial charge in [-0.05, 0) is 74.6 Å². The molecule has 9 nitrogen and oxygen atoms in total. The number of carbonyl (C=O) groups is 2. The number of aryl methyl sites for hydroxylation is 2. The van der Waals surface area contributed by atoms with Gasteiger partial charge in [0.25, 0.3) is 5.91 Å². The Bertz CT molecular complexity index is 1320. The molecule has 204 valence electrons. The predicted octanol–water partition coefficient (Wildman–Crippen LogP) is 3.30. The van der Waals surface area contributed by atoms with Crippen LogP contribution in [0.5, 0.6) is 0 Å². The molecule has 0 unspecified atom stereocenters. The summed E-state index contributed by atoms with van der Waals surface area (Å²) in [4.78, 5) is 32.4. The lowest BCUT2D eigenvalue weighted by Gasteiger charge is -2.41. The Morgan fingerprint density at radius 2 is 1.69 bits per heavy atom. The molecular weight excluding hydrogens is 490 g/mol. The van der Waals surface area contributed by atoms with E-state index in [9.17, 15) is 9.59 Å². The third kappa shape index (κ3) is 5.53. The predicted molar refractivity (Wildman–Crippen MR) is 154 cm³/mol. The van der Waals surface area contributed by atoms with Crippen LogP contribution in [0.4, 0.5) is 17.2 Å². The second-order valence-electron chi connectivity index (χ2n) is 10.6. The third-order valence-corrected chi connectivity index (χ3v) is 8.00. The summed E-state index contributed by atoms with van der Waals surface area (Å²) in [5, 5.41) is 12.0. The number of amides is 2. The first-order valence-electron chi connectivity index (χ1n) is 13.6. The number of piperidine rings is 1. The molecule has 2 aromatic carbocycles. The second kappa shape index (κ2) is 11.3. The van der Waals surface area contributed by atoms with Gasteiger partial charge in [-0.3, -0.25) is 9.59 Å². The van der Waals surface area contributed by atoms with Gasteiger partial charge in [0.05, 0.1) is 6.54 Å². The number of rotatable bonds is 6. The molecule has 0 saturated carbocycles. The summed E-state index contributed by atoms with van der Waals surface area (Å²) in [5.74, 6) is 0.432. The Morgan fingerprint density at radius 3 is 2.36 bits per heavy atom. The molecule has 3 heterocycles. The van der Waals surface area contributed by atoms with Gasteiger partial charge in [0.2, 0.25) is 5.91 Å². The van der Waals surface area contributed by atoms with Gasteiger partial charge in [-0.2, -0.15) is 5.10 Å². The van der Waals surface area contributed by atoms with E-state index in [-0.39, 0.29) is 12.5 Å². The zero-order chi connectivity index (χ0) is 27.5. The lowest BCUT2D eigenvalue weighted by Crippen LogP contribution is -2.59. The third-order valence-electron chi connectivity index (χ3n) is 8.00. The summed E-state index contributed by atoms with van der Waals surface area (Å²) in [7, 11) is 0. The summed E-state index contributed by atoms with van der Waals surface area (Å²) in [6.07, 6.45) is 3.62. The molecule has 2 fully saturated rings. The summed E-state index contributed by atoms with van der Waals surface area (Å²) in [5.41, 5.74) is 11.5. The zero-order valence-corrected chi connectivity index (χ0v) is 22.9. The van der Waals surface area contributed by atoms with Gasteiger partial charge in [0, 0.05) is 55.4 Å². The fourth-order valence-corrected chi connectivity index (χ4v) is 5.95. The number of piperazine rings is 1. The summed E-state index contributed by atoms with van der Waals surface area (Å²) in [6.45, 7) is 9.22. The van der Waals surface area contributed by atoms with E-state index in [1.807, 2.05) is 61.2 Å². The van der Waals surface area contributed by atoms with E-state index in [1.54, 1.807) is 11.1 Å². The second-order valence-corrected chi connectivity index (χ2v) is 10.6. The fraction of sp³-hybridized carbons (Fsp3) is 0.400. The van der Waals surface area contributed by atoms with Crippen molar-refractivity contribution in [2.75, 3.05) is 47.8 Å². The van der Waals surface area contributed by atoms with Gasteiger partial charge in [0.15, 0.2) is 5.82 Å². The molecule has 39 heavy (non-hydrogen) atoms. The molecule has 0 spiro atoms. The first-order valence-corrected chi connectivity index (χ1v) is 13.6. The van der Waals surface area contributed by atoms with Gasteiger partial charge >= 0.3 is 0 Å². The average molecular weight is 528 g/mol. The van der Waals surface area contributed by atoms with Crippen molar-refractivity contribution in [3.63, 3.8) is 0 Å². The van der Waals surface area contributed by atoms with Crippen molar-refractivity contribution in [2.45, 2.75) is 45.7 Å². The highest BCUT2D eigenvalue weighted by molar-refractivity contribution is 5.99.